The van der Waals surface area contributed by atoms with Gasteiger partial charge in [-0.05, 0) is 41.1 Å². The number of ether oxygens (including phenoxy) is 3. The second kappa shape index (κ2) is 6.04. The van der Waals surface area contributed by atoms with Gasteiger partial charge in [0.2, 0.25) is 5.76 Å². The maximum Gasteiger partial charge on any atom is 0.374 e. The fourth-order valence-electron chi connectivity index (χ4n) is 2.56. The summed E-state index contributed by atoms with van der Waals surface area (Å²) in [7, 11) is 1.57. The second-order valence-corrected chi connectivity index (χ2v) is 5.68. The fraction of sp³-hybridized carbons (Fsp3) is 0.176. The number of carbonyl (C=O) groups is 2. The molecule has 0 N–H and O–H groups in total. The van der Waals surface area contributed by atoms with Crippen LogP contribution in [-0.2, 0) is 9.53 Å². The molecule has 23 heavy (non-hydrogen) atoms. The number of benzene rings is 2. The van der Waals surface area contributed by atoms with Crippen LogP contribution in [0, 0.1) is 0 Å². The minimum absolute atomic E-state index is 0.0424. The van der Waals surface area contributed by atoms with Gasteiger partial charge in [-0.3, -0.25) is 4.79 Å². The van der Waals surface area contributed by atoms with Crippen molar-refractivity contribution in [2.24, 2.45) is 0 Å². The van der Waals surface area contributed by atoms with Crippen LogP contribution < -0.4 is 9.47 Å². The van der Waals surface area contributed by atoms with Crippen molar-refractivity contribution in [1.29, 1.82) is 0 Å². The van der Waals surface area contributed by atoms with E-state index < -0.39 is 5.97 Å². The summed E-state index contributed by atoms with van der Waals surface area (Å²) >= 11 is 3.43. The van der Waals surface area contributed by atoms with Crippen LogP contribution in [-0.4, -0.2) is 26.0 Å². The SMILES string of the molecule is CCOC(=O)C1=Cc2c(C=O)ccc3c(OC)cc(Br)c(c23)O1. The second-order valence-electron chi connectivity index (χ2n) is 4.83. The van der Waals surface area contributed by atoms with Gasteiger partial charge in [0.05, 0.1) is 18.2 Å². The number of rotatable bonds is 4. The molecular weight excluding hydrogens is 364 g/mol. The Balaban J connectivity index is 2.34. The van der Waals surface area contributed by atoms with Crippen LogP contribution in [0.3, 0.4) is 0 Å². The van der Waals surface area contributed by atoms with E-state index in [-0.39, 0.29) is 12.4 Å². The zero-order valence-electron chi connectivity index (χ0n) is 12.5. The summed E-state index contributed by atoms with van der Waals surface area (Å²) in [6.07, 6.45) is 2.28. The topological polar surface area (TPSA) is 61.8 Å². The molecule has 0 unspecified atom stereocenters. The summed E-state index contributed by atoms with van der Waals surface area (Å²) in [5, 5.41) is 1.51. The molecule has 3 rings (SSSR count). The van der Waals surface area contributed by atoms with Gasteiger partial charge in [0.1, 0.15) is 5.75 Å². The number of aldehydes is 1. The highest BCUT2D eigenvalue weighted by molar-refractivity contribution is 9.10. The number of methoxy groups -OCH3 is 1. The van der Waals surface area contributed by atoms with E-state index >= 15 is 0 Å². The molecule has 2 aromatic carbocycles. The number of hydrogen-bond acceptors (Lipinski definition) is 5. The lowest BCUT2D eigenvalue weighted by atomic mass is 9.96. The highest BCUT2D eigenvalue weighted by Crippen LogP contribution is 2.45. The van der Waals surface area contributed by atoms with E-state index in [2.05, 4.69) is 15.9 Å². The summed E-state index contributed by atoms with van der Waals surface area (Å²) < 4.78 is 16.7. The Morgan fingerprint density at radius 2 is 2.17 bits per heavy atom. The highest BCUT2D eigenvalue weighted by atomic mass is 79.9. The molecule has 0 atom stereocenters. The quantitative estimate of drug-likeness (QED) is 0.600. The van der Waals surface area contributed by atoms with Crippen LogP contribution >= 0.6 is 15.9 Å². The highest BCUT2D eigenvalue weighted by Gasteiger charge is 2.26. The van der Waals surface area contributed by atoms with Gasteiger partial charge in [0.15, 0.2) is 12.0 Å². The van der Waals surface area contributed by atoms with Gasteiger partial charge < -0.3 is 14.2 Å². The Morgan fingerprint density at radius 1 is 1.39 bits per heavy atom. The minimum Gasteiger partial charge on any atom is -0.496 e. The smallest absolute Gasteiger partial charge is 0.374 e. The molecule has 0 bridgehead atoms. The third kappa shape index (κ3) is 2.49. The van der Waals surface area contributed by atoms with Crippen molar-refractivity contribution in [3.05, 3.63) is 39.6 Å². The van der Waals surface area contributed by atoms with E-state index in [1.807, 2.05) is 0 Å². The van der Waals surface area contributed by atoms with Crippen LogP contribution in [0.25, 0.3) is 16.8 Å². The van der Waals surface area contributed by atoms with E-state index in [1.165, 1.54) is 6.08 Å². The van der Waals surface area contributed by atoms with Crippen LogP contribution in [0.1, 0.15) is 22.8 Å². The lowest BCUT2D eigenvalue weighted by Gasteiger charge is -2.21. The molecule has 0 saturated heterocycles. The van der Waals surface area contributed by atoms with Crippen molar-refractivity contribution in [1.82, 2.24) is 0 Å². The average molecular weight is 377 g/mol. The first kappa shape index (κ1) is 15.6. The van der Waals surface area contributed by atoms with E-state index in [4.69, 9.17) is 14.2 Å². The lowest BCUT2D eigenvalue weighted by Crippen LogP contribution is -2.15. The van der Waals surface area contributed by atoms with Gasteiger partial charge in [-0.25, -0.2) is 4.79 Å². The van der Waals surface area contributed by atoms with Gasteiger partial charge in [0.25, 0.3) is 0 Å². The molecule has 1 aliphatic rings. The third-order valence-corrected chi connectivity index (χ3v) is 4.15. The van der Waals surface area contributed by atoms with Crippen molar-refractivity contribution in [2.45, 2.75) is 6.92 Å². The Morgan fingerprint density at radius 3 is 2.83 bits per heavy atom. The molecule has 6 heteroatoms. The molecule has 0 aliphatic carbocycles. The zero-order valence-corrected chi connectivity index (χ0v) is 14.1. The van der Waals surface area contributed by atoms with Crippen molar-refractivity contribution in [2.75, 3.05) is 13.7 Å². The molecule has 0 spiro atoms. The first-order valence-corrected chi connectivity index (χ1v) is 7.75. The molecule has 0 fully saturated rings. The largest absolute Gasteiger partial charge is 0.496 e. The van der Waals surface area contributed by atoms with E-state index in [0.717, 1.165) is 11.7 Å². The molecule has 1 aliphatic heterocycles. The van der Waals surface area contributed by atoms with Crippen molar-refractivity contribution >= 4 is 45.0 Å². The summed E-state index contributed by atoms with van der Waals surface area (Å²) in [6, 6.07) is 5.25. The Kier molecular flexibility index (Phi) is 4.09. The van der Waals surface area contributed by atoms with Crippen molar-refractivity contribution in [3.63, 3.8) is 0 Å². The molecule has 118 valence electrons. The van der Waals surface area contributed by atoms with Crippen LogP contribution in [0.15, 0.2) is 28.4 Å². The molecule has 1 heterocycles. The number of carbonyl (C=O) groups excluding carboxylic acids is 2. The average Bonchev–Trinajstić information content (AvgIpc) is 2.57. The fourth-order valence-corrected chi connectivity index (χ4v) is 3.05. The third-order valence-electron chi connectivity index (χ3n) is 3.56. The standard InChI is InChI=1S/C17H13BrO5/c1-3-22-17(20)14-6-11-9(8-19)4-5-10-13(21-2)7-12(18)16(23-14)15(10)11/h4-8H,3H2,1-2H3. The molecule has 0 amide bonds. The van der Waals surface area contributed by atoms with Gasteiger partial charge in [-0.1, -0.05) is 6.07 Å². The summed E-state index contributed by atoms with van der Waals surface area (Å²) in [5.41, 5.74) is 1.07. The Hall–Kier alpha value is -2.34. The minimum atomic E-state index is -0.574. The normalized spacial score (nSPS) is 12.4. The molecule has 2 aromatic rings. The molecular formula is C17H13BrO5. The maximum atomic E-state index is 12.0. The lowest BCUT2D eigenvalue weighted by molar-refractivity contribution is -0.140. The Labute approximate surface area is 141 Å². The predicted octanol–water partition coefficient (Wildman–Crippen LogP) is 3.72. The first-order valence-electron chi connectivity index (χ1n) is 6.95. The molecule has 0 saturated carbocycles. The molecule has 5 nitrogen and oxygen atoms in total. The summed E-state index contributed by atoms with van der Waals surface area (Å²) in [6.45, 7) is 1.95. The number of halogens is 1. The summed E-state index contributed by atoms with van der Waals surface area (Å²) in [5.74, 6) is 0.575. The predicted molar refractivity (Wildman–Crippen MR) is 88.8 cm³/mol. The monoisotopic (exact) mass is 376 g/mol. The van der Waals surface area contributed by atoms with Crippen LogP contribution in [0.4, 0.5) is 0 Å². The van der Waals surface area contributed by atoms with Crippen molar-refractivity contribution < 1.29 is 23.8 Å². The number of esters is 1. The first-order chi connectivity index (χ1) is 11.1. The van der Waals surface area contributed by atoms with E-state index in [0.29, 0.717) is 32.5 Å². The number of hydrogen-bond donors (Lipinski definition) is 0. The summed E-state index contributed by atoms with van der Waals surface area (Å²) in [4.78, 5) is 23.4. The van der Waals surface area contributed by atoms with Crippen LogP contribution in [0.5, 0.6) is 11.5 Å². The molecule has 0 aromatic heterocycles. The Bertz CT molecular complexity index is 854. The van der Waals surface area contributed by atoms with E-state index in [1.54, 1.807) is 32.2 Å². The van der Waals surface area contributed by atoms with Gasteiger partial charge >= 0.3 is 5.97 Å². The maximum absolute atomic E-state index is 12.0. The molecule has 0 radical (unpaired) electrons. The van der Waals surface area contributed by atoms with Crippen LogP contribution in [0.2, 0.25) is 0 Å². The van der Waals surface area contributed by atoms with Crippen molar-refractivity contribution in [3.8, 4) is 11.5 Å². The zero-order chi connectivity index (χ0) is 16.6. The van der Waals surface area contributed by atoms with Gasteiger partial charge in [0, 0.05) is 21.9 Å². The van der Waals surface area contributed by atoms with Gasteiger partial charge in [-0.15, -0.1) is 0 Å². The van der Waals surface area contributed by atoms with Gasteiger partial charge in [-0.2, -0.15) is 0 Å². The van der Waals surface area contributed by atoms with E-state index in [9.17, 15) is 9.59 Å².